The first kappa shape index (κ1) is 12.7. The van der Waals surface area contributed by atoms with Crippen LogP contribution in [0.3, 0.4) is 0 Å². The standard InChI is InChI=1S/C13H16N2O3/c16-10-11-1-3-12(4-2-11)14-13(17)9-15-5-7-18-8-6-15/h1-4,10H,5-9H2,(H,14,17). The number of carbonyl (C=O) groups excluding carboxylic acids is 2. The van der Waals surface area contributed by atoms with Gasteiger partial charge in [0.25, 0.3) is 0 Å². The van der Waals surface area contributed by atoms with Crippen molar-refractivity contribution in [1.29, 1.82) is 0 Å². The summed E-state index contributed by atoms with van der Waals surface area (Å²) in [5.41, 5.74) is 1.31. The minimum absolute atomic E-state index is 0.0456. The van der Waals surface area contributed by atoms with Crippen LogP contribution in [0, 0.1) is 0 Å². The number of hydrogen-bond acceptors (Lipinski definition) is 4. The van der Waals surface area contributed by atoms with Gasteiger partial charge in [0.05, 0.1) is 19.8 Å². The number of anilines is 1. The Hall–Kier alpha value is -1.72. The number of rotatable bonds is 4. The molecule has 1 amide bonds. The first-order valence-corrected chi connectivity index (χ1v) is 5.93. The molecule has 1 aromatic rings. The molecule has 1 saturated heterocycles. The van der Waals surface area contributed by atoms with Gasteiger partial charge < -0.3 is 10.1 Å². The first-order valence-electron chi connectivity index (χ1n) is 5.93. The van der Waals surface area contributed by atoms with Crippen molar-refractivity contribution in [3.63, 3.8) is 0 Å². The molecular formula is C13H16N2O3. The number of amides is 1. The van der Waals surface area contributed by atoms with Gasteiger partial charge in [-0.15, -0.1) is 0 Å². The van der Waals surface area contributed by atoms with Crippen molar-refractivity contribution in [2.45, 2.75) is 0 Å². The van der Waals surface area contributed by atoms with E-state index < -0.39 is 0 Å². The fourth-order valence-corrected chi connectivity index (χ4v) is 1.81. The Balaban J connectivity index is 1.83. The third-order valence-corrected chi connectivity index (χ3v) is 2.80. The molecule has 1 aliphatic rings. The van der Waals surface area contributed by atoms with Crippen LogP contribution in [0.5, 0.6) is 0 Å². The molecule has 0 spiro atoms. The van der Waals surface area contributed by atoms with Gasteiger partial charge in [-0.2, -0.15) is 0 Å². The lowest BCUT2D eigenvalue weighted by Crippen LogP contribution is -2.41. The molecule has 0 atom stereocenters. The average molecular weight is 248 g/mol. The number of morpholine rings is 1. The average Bonchev–Trinajstić information content (AvgIpc) is 2.40. The largest absolute Gasteiger partial charge is 0.379 e. The Bertz CT molecular complexity index is 411. The number of hydrogen-bond donors (Lipinski definition) is 1. The molecule has 1 heterocycles. The van der Waals surface area contributed by atoms with Crippen LogP contribution < -0.4 is 5.32 Å². The molecule has 1 aliphatic heterocycles. The molecule has 5 nitrogen and oxygen atoms in total. The smallest absolute Gasteiger partial charge is 0.238 e. The summed E-state index contributed by atoms with van der Waals surface area (Å²) in [5, 5.41) is 2.80. The zero-order chi connectivity index (χ0) is 12.8. The lowest BCUT2D eigenvalue weighted by atomic mass is 10.2. The molecular weight excluding hydrogens is 232 g/mol. The minimum atomic E-state index is -0.0456. The molecule has 1 N–H and O–H groups in total. The summed E-state index contributed by atoms with van der Waals surface area (Å²) in [4.78, 5) is 24.3. The van der Waals surface area contributed by atoms with Crippen molar-refractivity contribution < 1.29 is 14.3 Å². The summed E-state index contributed by atoms with van der Waals surface area (Å²) in [5.74, 6) is -0.0456. The Kier molecular flexibility index (Phi) is 4.44. The number of benzene rings is 1. The second kappa shape index (κ2) is 6.28. The van der Waals surface area contributed by atoms with E-state index in [9.17, 15) is 9.59 Å². The fraction of sp³-hybridized carbons (Fsp3) is 0.385. The normalized spacial score (nSPS) is 16.2. The predicted molar refractivity (Wildman–Crippen MR) is 67.7 cm³/mol. The maximum absolute atomic E-state index is 11.8. The van der Waals surface area contributed by atoms with Crippen LogP contribution in [0.15, 0.2) is 24.3 Å². The maximum Gasteiger partial charge on any atom is 0.238 e. The van der Waals surface area contributed by atoms with Crippen molar-refractivity contribution in [3.8, 4) is 0 Å². The summed E-state index contributed by atoms with van der Waals surface area (Å²) < 4.78 is 5.22. The van der Waals surface area contributed by atoms with E-state index in [1.807, 2.05) is 0 Å². The van der Waals surface area contributed by atoms with Gasteiger partial charge in [-0.1, -0.05) is 0 Å². The molecule has 0 radical (unpaired) electrons. The van der Waals surface area contributed by atoms with Gasteiger partial charge in [0.2, 0.25) is 5.91 Å². The third kappa shape index (κ3) is 3.65. The second-order valence-electron chi connectivity index (χ2n) is 4.18. The van der Waals surface area contributed by atoms with Gasteiger partial charge in [0, 0.05) is 24.3 Å². The van der Waals surface area contributed by atoms with E-state index in [0.717, 1.165) is 19.4 Å². The van der Waals surface area contributed by atoms with Crippen LogP contribution in [0.25, 0.3) is 0 Å². The molecule has 0 aliphatic carbocycles. The highest BCUT2D eigenvalue weighted by atomic mass is 16.5. The van der Waals surface area contributed by atoms with Crippen molar-refractivity contribution >= 4 is 17.9 Å². The number of nitrogens with zero attached hydrogens (tertiary/aromatic N) is 1. The number of ether oxygens (including phenoxy) is 1. The lowest BCUT2D eigenvalue weighted by molar-refractivity contribution is -0.118. The highest BCUT2D eigenvalue weighted by molar-refractivity contribution is 5.92. The maximum atomic E-state index is 11.8. The highest BCUT2D eigenvalue weighted by Crippen LogP contribution is 2.08. The third-order valence-electron chi connectivity index (χ3n) is 2.80. The van der Waals surface area contributed by atoms with E-state index in [1.54, 1.807) is 24.3 Å². The fourth-order valence-electron chi connectivity index (χ4n) is 1.81. The molecule has 0 unspecified atom stereocenters. The van der Waals surface area contributed by atoms with E-state index >= 15 is 0 Å². The summed E-state index contributed by atoms with van der Waals surface area (Å²) in [6.45, 7) is 3.32. The highest BCUT2D eigenvalue weighted by Gasteiger charge is 2.13. The van der Waals surface area contributed by atoms with E-state index in [-0.39, 0.29) is 5.91 Å². The van der Waals surface area contributed by atoms with Crippen LogP contribution in [-0.2, 0) is 9.53 Å². The molecule has 0 aromatic heterocycles. The Morgan fingerprint density at radius 3 is 2.56 bits per heavy atom. The van der Waals surface area contributed by atoms with Crippen LogP contribution in [0.2, 0.25) is 0 Å². The lowest BCUT2D eigenvalue weighted by Gasteiger charge is -2.25. The molecule has 5 heteroatoms. The van der Waals surface area contributed by atoms with Gasteiger partial charge in [-0.05, 0) is 24.3 Å². The van der Waals surface area contributed by atoms with Crippen LogP contribution in [0.4, 0.5) is 5.69 Å². The molecule has 2 rings (SSSR count). The minimum Gasteiger partial charge on any atom is -0.379 e. The van der Waals surface area contributed by atoms with Crippen molar-refractivity contribution in [2.75, 3.05) is 38.2 Å². The zero-order valence-corrected chi connectivity index (χ0v) is 10.1. The van der Waals surface area contributed by atoms with Crippen molar-refractivity contribution in [2.24, 2.45) is 0 Å². The van der Waals surface area contributed by atoms with Gasteiger partial charge >= 0.3 is 0 Å². The summed E-state index contributed by atoms with van der Waals surface area (Å²) in [6.07, 6.45) is 0.777. The van der Waals surface area contributed by atoms with Gasteiger partial charge in [0.1, 0.15) is 6.29 Å². The summed E-state index contributed by atoms with van der Waals surface area (Å²) in [6, 6.07) is 6.80. The SMILES string of the molecule is O=Cc1ccc(NC(=O)CN2CCOCC2)cc1. The van der Waals surface area contributed by atoms with E-state index in [1.165, 1.54) is 0 Å². The second-order valence-corrected chi connectivity index (χ2v) is 4.18. The molecule has 1 aromatic carbocycles. The number of aldehydes is 1. The van der Waals surface area contributed by atoms with E-state index in [2.05, 4.69) is 10.2 Å². The zero-order valence-electron chi connectivity index (χ0n) is 10.1. The quantitative estimate of drug-likeness (QED) is 0.800. The van der Waals surface area contributed by atoms with E-state index in [4.69, 9.17) is 4.74 Å². The molecule has 0 saturated carbocycles. The summed E-state index contributed by atoms with van der Waals surface area (Å²) >= 11 is 0. The molecule has 1 fully saturated rings. The number of nitrogens with one attached hydrogen (secondary N) is 1. The number of carbonyl (C=O) groups is 2. The van der Waals surface area contributed by atoms with Crippen LogP contribution in [0.1, 0.15) is 10.4 Å². The van der Waals surface area contributed by atoms with E-state index in [0.29, 0.717) is 31.0 Å². The molecule has 96 valence electrons. The molecule has 0 bridgehead atoms. The Morgan fingerprint density at radius 1 is 1.28 bits per heavy atom. The Morgan fingerprint density at radius 2 is 1.94 bits per heavy atom. The van der Waals surface area contributed by atoms with Crippen molar-refractivity contribution in [3.05, 3.63) is 29.8 Å². The Labute approximate surface area is 106 Å². The van der Waals surface area contributed by atoms with Crippen LogP contribution in [-0.4, -0.2) is 49.9 Å². The van der Waals surface area contributed by atoms with Gasteiger partial charge in [0.15, 0.2) is 0 Å². The predicted octanol–water partition coefficient (Wildman–Crippen LogP) is 0.770. The van der Waals surface area contributed by atoms with Gasteiger partial charge in [-0.3, -0.25) is 14.5 Å². The van der Waals surface area contributed by atoms with Gasteiger partial charge in [-0.25, -0.2) is 0 Å². The first-order chi connectivity index (χ1) is 8.78. The van der Waals surface area contributed by atoms with Crippen LogP contribution >= 0.6 is 0 Å². The van der Waals surface area contributed by atoms with Crippen molar-refractivity contribution in [1.82, 2.24) is 4.90 Å². The summed E-state index contributed by atoms with van der Waals surface area (Å²) in [7, 11) is 0. The molecule has 18 heavy (non-hydrogen) atoms. The topological polar surface area (TPSA) is 58.6 Å². The monoisotopic (exact) mass is 248 g/mol.